The lowest BCUT2D eigenvalue weighted by atomic mass is 10.0. The molecule has 0 aliphatic heterocycles. The molecular weight excluding hydrogens is 246 g/mol. The molecule has 0 heterocycles. The van der Waals surface area contributed by atoms with Gasteiger partial charge in [0.1, 0.15) is 0 Å². The lowest BCUT2D eigenvalue weighted by Crippen LogP contribution is -2.24. The Morgan fingerprint density at radius 3 is 2.20 bits per heavy atom. The van der Waals surface area contributed by atoms with Gasteiger partial charge in [0.15, 0.2) is 0 Å². The molecule has 0 radical (unpaired) electrons. The van der Waals surface area contributed by atoms with Crippen LogP contribution in [-0.2, 0) is 4.79 Å². The smallest absolute Gasteiger partial charge is 0.251 e. The number of hydrogen-bond donors (Lipinski definition) is 1. The zero-order valence-corrected chi connectivity index (χ0v) is 11.7. The molecule has 0 atom stereocenters. The minimum Gasteiger partial charge on any atom is -0.352 e. The van der Waals surface area contributed by atoms with E-state index >= 15 is 0 Å². The normalized spacial score (nSPS) is 11.2. The Morgan fingerprint density at radius 1 is 1.00 bits per heavy atom. The van der Waals surface area contributed by atoms with Crippen LogP contribution in [0.5, 0.6) is 0 Å². The van der Waals surface area contributed by atoms with Crippen molar-refractivity contribution in [1.82, 2.24) is 5.32 Å². The molecule has 20 heavy (non-hydrogen) atoms. The molecule has 0 saturated carbocycles. The third-order valence-electron chi connectivity index (χ3n) is 2.98. The van der Waals surface area contributed by atoms with Gasteiger partial charge in [0, 0.05) is 12.1 Å². The van der Waals surface area contributed by atoms with E-state index in [4.69, 9.17) is 0 Å². The summed E-state index contributed by atoms with van der Waals surface area (Å²) in [6, 6.07) is 19.7. The van der Waals surface area contributed by atoms with Gasteiger partial charge in [-0.3, -0.25) is 4.79 Å². The number of benzene rings is 2. The summed E-state index contributed by atoms with van der Waals surface area (Å²) in [7, 11) is 0. The summed E-state index contributed by atoms with van der Waals surface area (Å²) < 4.78 is 0. The lowest BCUT2D eigenvalue weighted by molar-refractivity contribution is -0.115. The second-order valence-electron chi connectivity index (χ2n) is 4.59. The predicted molar refractivity (Wildman–Crippen MR) is 84.1 cm³/mol. The van der Waals surface area contributed by atoms with Crippen LogP contribution in [0.1, 0.15) is 24.5 Å². The summed E-state index contributed by atoms with van der Waals surface area (Å²) >= 11 is 0. The maximum absolute atomic E-state index is 12.3. The zero-order valence-electron chi connectivity index (χ0n) is 11.7. The second kappa shape index (κ2) is 7.29. The van der Waals surface area contributed by atoms with Crippen LogP contribution >= 0.6 is 0 Å². The quantitative estimate of drug-likeness (QED) is 0.647. The summed E-state index contributed by atoms with van der Waals surface area (Å²) in [5.74, 6) is -0.0260. The number of nitrogens with one attached hydrogen (secondary N) is 1. The fraction of sp³-hybridized carbons (Fsp3) is 0.167. The SMILES string of the molecule is CCCNC(=O)/C(=C/c1ccccc1)c1ccccc1. The molecule has 0 spiro atoms. The highest BCUT2D eigenvalue weighted by Gasteiger charge is 2.10. The van der Waals surface area contributed by atoms with Crippen LogP contribution in [0.3, 0.4) is 0 Å². The van der Waals surface area contributed by atoms with E-state index < -0.39 is 0 Å². The molecule has 0 aromatic heterocycles. The first kappa shape index (κ1) is 14.1. The van der Waals surface area contributed by atoms with E-state index in [9.17, 15) is 4.79 Å². The van der Waals surface area contributed by atoms with Crippen LogP contribution in [-0.4, -0.2) is 12.5 Å². The number of amides is 1. The summed E-state index contributed by atoms with van der Waals surface area (Å²) in [5, 5.41) is 2.94. The Morgan fingerprint density at radius 2 is 1.60 bits per heavy atom. The van der Waals surface area contributed by atoms with Gasteiger partial charge in [0.05, 0.1) is 0 Å². The molecule has 0 aliphatic carbocycles. The Kier molecular flexibility index (Phi) is 5.13. The van der Waals surface area contributed by atoms with Gasteiger partial charge in [0.2, 0.25) is 0 Å². The first-order valence-corrected chi connectivity index (χ1v) is 6.91. The van der Waals surface area contributed by atoms with Gasteiger partial charge in [-0.05, 0) is 23.6 Å². The fourth-order valence-corrected chi connectivity index (χ4v) is 1.95. The van der Waals surface area contributed by atoms with Crippen molar-refractivity contribution in [2.45, 2.75) is 13.3 Å². The van der Waals surface area contributed by atoms with E-state index in [1.54, 1.807) is 0 Å². The minimum atomic E-state index is -0.0260. The maximum atomic E-state index is 12.3. The molecule has 102 valence electrons. The van der Waals surface area contributed by atoms with Crippen molar-refractivity contribution in [3.05, 3.63) is 71.8 Å². The van der Waals surface area contributed by atoms with Crippen molar-refractivity contribution in [2.24, 2.45) is 0 Å². The number of carbonyl (C=O) groups excluding carboxylic acids is 1. The van der Waals surface area contributed by atoms with Crippen molar-refractivity contribution in [3.8, 4) is 0 Å². The molecule has 2 rings (SSSR count). The second-order valence-corrected chi connectivity index (χ2v) is 4.59. The molecular formula is C18H19NO. The van der Waals surface area contributed by atoms with E-state index in [0.29, 0.717) is 12.1 Å². The fourth-order valence-electron chi connectivity index (χ4n) is 1.95. The molecule has 2 nitrogen and oxygen atoms in total. The van der Waals surface area contributed by atoms with Gasteiger partial charge in [-0.1, -0.05) is 67.6 Å². The average molecular weight is 265 g/mol. The van der Waals surface area contributed by atoms with Crippen molar-refractivity contribution in [1.29, 1.82) is 0 Å². The monoisotopic (exact) mass is 265 g/mol. The van der Waals surface area contributed by atoms with E-state index in [1.165, 1.54) is 0 Å². The third-order valence-corrected chi connectivity index (χ3v) is 2.98. The van der Waals surface area contributed by atoms with Crippen LogP contribution in [0, 0.1) is 0 Å². The van der Waals surface area contributed by atoms with Crippen molar-refractivity contribution in [3.63, 3.8) is 0 Å². The number of rotatable bonds is 5. The van der Waals surface area contributed by atoms with Crippen LogP contribution in [0.4, 0.5) is 0 Å². The van der Waals surface area contributed by atoms with Gasteiger partial charge in [0.25, 0.3) is 5.91 Å². The van der Waals surface area contributed by atoms with Crippen LogP contribution in [0.15, 0.2) is 60.7 Å². The first-order valence-electron chi connectivity index (χ1n) is 6.91. The molecule has 1 N–H and O–H groups in total. The Hall–Kier alpha value is -2.35. The molecule has 0 aliphatic rings. The molecule has 2 aromatic rings. The largest absolute Gasteiger partial charge is 0.352 e. The van der Waals surface area contributed by atoms with Gasteiger partial charge >= 0.3 is 0 Å². The third kappa shape index (κ3) is 3.82. The van der Waals surface area contributed by atoms with E-state index in [0.717, 1.165) is 17.5 Å². The standard InChI is InChI=1S/C18H19NO/c1-2-13-19-18(20)17(16-11-7-4-8-12-16)14-15-9-5-3-6-10-15/h3-12,14H,2,13H2,1H3,(H,19,20)/b17-14+. The number of carbonyl (C=O) groups is 1. The number of hydrogen-bond acceptors (Lipinski definition) is 1. The topological polar surface area (TPSA) is 29.1 Å². The van der Waals surface area contributed by atoms with E-state index in [1.807, 2.05) is 73.7 Å². The lowest BCUT2D eigenvalue weighted by Gasteiger charge is -2.09. The van der Waals surface area contributed by atoms with Crippen LogP contribution in [0.25, 0.3) is 11.6 Å². The highest BCUT2D eigenvalue weighted by Crippen LogP contribution is 2.18. The zero-order chi connectivity index (χ0) is 14.2. The molecule has 2 aromatic carbocycles. The van der Waals surface area contributed by atoms with Crippen molar-refractivity contribution < 1.29 is 4.79 Å². The molecule has 0 saturated heterocycles. The Labute approximate surface area is 120 Å². The van der Waals surface area contributed by atoms with Crippen molar-refractivity contribution in [2.75, 3.05) is 6.54 Å². The molecule has 1 amide bonds. The first-order chi connectivity index (χ1) is 9.81. The van der Waals surface area contributed by atoms with Crippen LogP contribution < -0.4 is 5.32 Å². The van der Waals surface area contributed by atoms with E-state index in [2.05, 4.69) is 5.32 Å². The summed E-state index contributed by atoms with van der Waals surface area (Å²) in [5.41, 5.74) is 2.66. The predicted octanol–water partition coefficient (Wildman–Crippen LogP) is 3.75. The molecule has 0 fully saturated rings. The molecule has 0 unspecified atom stereocenters. The van der Waals surface area contributed by atoms with Crippen LogP contribution in [0.2, 0.25) is 0 Å². The molecule has 0 bridgehead atoms. The summed E-state index contributed by atoms with van der Waals surface area (Å²) in [6.45, 7) is 2.74. The minimum absolute atomic E-state index is 0.0260. The van der Waals surface area contributed by atoms with Crippen molar-refractivity contribution >= 4 is 17.6 Å². The molecule has 2 heteroatoms. The summed E-state index contributed by atoms with van der Waals surface area (Å²) in [4.78, 5) is 12.3. The summed E-state index contributed by atoms with van der Waals surface area (Å²) in [6.07, 6.45) is 2.86. The maximum Gasteiger partial charge on any atom is 0.251 e. The average Bonchev–Trinajstić information content (AvgIpc) is 2.52. The highest BCUT2D eigenvalue weighted by molar-refractivity contribution is 6.24. The van der Waals surface area contributed by atoms with Gasteiger partial charge < -0.3 is 5.32 Å². The Balaban J connectivity index is 2.34. The Bertz CT molecular complexity index is 573. The van der Waals surface area contributed by atoms with Gasteiger partial charge in [-0.25, -0.2) is 0 Å². The van der Waals surface area contributed by atoms with Gasteiger partial charge in [-0.15, -0.1) is 0 Å². The highest BCUT2D eigenvalue weighted by atomic mass is 16.1. The van der Waals surface area contributed by atoms with Gasteiger partial charge in [-0.2, -0.15) is 0 Å². The van der Waals surface area contributed by atoms with E-state index in [-0.39, 0.29) is 5.91 Å².